The summed E-state index contributed by atoms with van der Waals surface area (Å²) in [5.41, 5.74) is 4.96. The van der Waals surface area contributed by atoms with Crippen LogP contribution in [0.5, 0.6) is 0 Å². The highest BCUT2D eigenvalue weighted by atomic mass is 31.2. The molecule has 9 N–H and O–H groups in total. The summed E-state index contributed by atoms with van der Waals surface area (Å²) in [7, 11) is -9.28. The molecule has 2 atom stereocenters. The van der Waals surface area contributed by atoms with Gasteiger partial charge < -0.3 is 44.9 Å². The van der Waals surface area contributed by atoms with Crippen molar-refractivity contribution in [1.29, 1.82) is 0 Å². The lowest BCUT2D eigenvalue weighted by molar-refractivity contribution is -0.0245. The number of aliphatic hydroxyl groups is 1. The van der Waals surface area contributed by atoms with Crippen molar-refractivity contribution in [2.75, 3.05) is 12.3 Å². The predicted molar refractivity (Wildman–Crippen MR) is 81.7 cm³/mol. The van der Waals surface area contributed by atoms with Crippen molar-refractivity contribution in [3.63, 3.8) is 0 Å². The summed E-state index contributed by atoms with van der Waals surface area (Å²) >= 11 is 0. The van der Waals surface area contributed by atoms with Gasteiger partial charge in [-0.25, -0.2) is 13.9 Å². The number of nitrogens with two attached hydrogens (primary N) is 1. The number of anilines is 1. The van der Waals surface area contributed by atoms with E-state index in [1.807, 2.05) is 0 Å². The molecule has 0 radical (unpaired) electrons. The van der Waals surface area contributed by atoms with Crippen molar-refractivity contribution in [3.05, 3.63) is 22.7 Å². The molecule has 0 aromatic carbocycles. The van der Waals surface area contributed by atoms with Gasteiger partial charge in [0.05, 0.1) is 12.7 Å². The summed E-state index contributed by atoms with van der Waals surface area (Å²) in [5, 5.41) is 8.90. The van der Waals surface area contributed by atoms with Crippen molar-refractivity contribution in [1.82, 2.24) is 9.55 Å². The van der Waals surface area contributed by atoms with Gasteiger partial charge in [0.15, 0.2) is 0 Å². The quantitative estimate of drug-likeness (QED) is 0.239. The SMILES string of the molecule is Nc1ccn([C@H]2CC[C@@H](CO)O2)c(=O)n1.O=P(O)(O)O.O=P(O)(O)O. The lowest BCUT2D eigenvalue weighted by Crippen LogP contribution is -2.27. The van der Waals surface area contributed by atoms with E-state index in [-0.39, 0.29) is 24.8 Å². The molecule has 2 rings (SSSR count). The zero-order valence-electron chi connectivity index (χ0n) is 12.6. The van der Waals surface area contributed by atoms with E-state index in [1.54, 1.807) is 12.3 Å². The Morgan fingerprint density at radius 2 is 1.64 bits per heavy atom. The summed E-state index contributed by atoms with van der Waals surface area (Å²) in [5.74, 6) is 0.202. The van der Waals surface area contributed by atoms with Crippen LogP contribution in [0, 0.1) is 0 Å². The van der Waals surface area contributed by atoms with Gasteiger partial charge in [-0.1, -0.05) is 0 Å². The maximum Gasteiger partial charge on any atom is 0.466 e. The van der Waals surface area contributed by atoms with Crippen LogP contribution in [-0.4, -0.2) is 56.7 Å². The summed E-state index contributed by atoms with van der Waals surface area (Å²) in [6, 6.07) is 1.55. The van der Waals surface area contributed by atoms with E-state index in [1.165, 1.54) is 4.57 Å². The van der Waals surface area contributed by atoms with Crippen LogP contribution in [-0.2, 0) is 13.9 Å². The molecule has 1 aromatic rings. The molecule has 1 aliphatic rings. The summed E-state index contributed by atoms with van der Waals surface area (Å²) < 4.78 is 24.6. The first-order valence-electron chi connectivity index (χ1n) is 6.38. The molecule has 1 aliphatic heterocycles. The van der Waals surface area contributed by atoms with Crippen molar-refractivity contribution >= 4 is 21.5 Å². The van der Waals surface area contributed by atoms with Gasteiger partial charge in [-0.05, 0) is 18.9 Å². The van der Waals surface area contributed by atoms with Crippen molar-refractivity contribution < 1.29 is 48.3 Å². The molecule has 1 fully saturated rings. The Labute approximate surface area is 140 Å². The van der Waals surface area contributed by atoms with Crippen LogP contribution in [0.1, 0.15) is 19.1 Å². The topological polar surface area (TPSA) is 246 Å². The van der Waals surface area contributed by atoms with E-state index >= 15 is 0 Å². The van der Waals surface area contributed by atoms with E-state index in [0.717, 1.165) is 6.42 Å². The van der Waals surface area contributed by atoms with Gasteiger partial charge in [0.2, 0.25) is 0 Å². The molecule has 14 nitrogen and oxygen atoms in total. The maximum atomic E-state index is 11.5. The molecule has 0 bridgehead atoms. The van der Waals surface area contributed by atoms with Crippen LogP contribution >= 0.6 is 15.6 Å². The van der Waals surface area contributed by atoms with Crippen molar-refractivity contribution in [3.8, 4) is 0 Å². The lowest BCUT2D eigenvalue weighted by atomic mass is 10.2. The summed E-state index contributed by atoms with van der Waals surface area (Å²) in [6.45, 7) is -0.0202. The van der Waals surface area contributed by atoms with Gasteiger partial charge in [-0.3, -0.25) is 4.57 Å². The highest BCUT2D eigenvalue weighted by Crippen LogP contribution is 2.27. The highest BCUT2D eigenvalue weighted by Gasteiger charge is 2.26. The first kappa shape index (κ1) is 23.8. The standard InChI is InChI=1S/C9H13N3O3.2H3O4P/c10-7-3-4-12(9(14)11-7)8-2-1-6(5-13)15-8;2*1-5(2,3)4/h3-4,6,8,13H,1-2,5H2,(H2,10,11,14);2*(H3,1,2,3,4)/t6-,8+;;/m0../s1. The molecule has 0 aliphatic carbocycles. The van der Waals surface area contributed by atoms with Crippen LogP contribution in [0.3, 0.4) is 0 Å². The lowest BCUT2D eigenvalue weighted by Gasteiger charge is -2.14. The van der Waals surface area contributed by atoms with Gasteiger partial charge in [-0.2, -0.15) is 4.98 Å². The minimum Gasteiger partial charge on any atom is -0.394 e. The van der Waals surface area contributed by atoms with Crippen LogP contribution < -0.4 is 11.4 Å². The van der Waals surface area contributed by atoms with Crippen LogP contribution in [0.25, 0.3) is 0 Å². The van der Waals surface area contributed by atoms with Crippen LogP contribution in [0.2, 0.25) is 0 Å². The van der Waals surface area contributed by atoms with E-state index < -0.39 is 21.3 Å². The van der Waals surface area contributed by atoms with Gasteiger partial charge in [-0.15, -0.1) is 0 Å². The molecule has 16 heteroatoms. The average Bonchev–Trinajstić information content (AvgIpc) is 2.83. The largest absolute Gasteiger partial charge is 0.466 e. The van der Waals surface area contributed by atoms with E-state index in [9.17, 15) is 4.79 Å². The maximum absolute atomic E-state index is 11.5. The smallest absolute Gasteiger partial charge is 0.394 e. The summed E-state index contributed by atoms with van der Waals surface area (Å²) in [4.78, 5) is 58.2. The van der Waals surface area contributed by atoms with Gasteiger partial charge in [0.25, 0.3) is 0 Å². The third-order valence-corrected chi connectivity index (χ3v) is 2.45. The monoisotopic (exact) mass is 407 g/mol. The molecule has 146 valence electrons. The fourth-order valence-corrected chi connectivity index (χ4v) is 1.67. The molecule has 25 heavy (non-hydrogen) atoms. The molecule has 0 amide bonds. The Kier molecular flexibility index (Phi) is 9.61. The molecule has 2 heterocycles. The van der Waals surface area contributed by atoms with Gasteiger partial charge in [0, 0.05) is 6.20 Å². The minimum atomic E-state index is -4.64. The molecule has 0 unspecified atom stereocenters. The predicted octanol–water partition coefficient (Wildman–Crippen LogP) is -2.36. The van der Waals surface area contributed by atoms with Crippen molar-refractivity contribution in [2.24, 2.45) is 0 Å². The minimum absolute atomic E-state index is 0.0202. The number of phosphoric acid groups is 2. The Balaban J connectivity index is 0.000000480. The number of hydrogen-bond acceptors (Lipinski definition) is 7. The zero-order valence-corrected chi connectivity index (χ0v) is 14.3. The second kappa shape index (κ2) is 10.1. The Morgan fingerprint density at radius 1 is 1.16 bits per heavy atom. The first-order valence-corrected chi connectivity index (χ1v) is 9.51. The molecule has 0 saturated carbocycles. The van der Waals surface area contributed by atoms with E-state index in [0.29, 0.717) is 6.42 Å². The Bertz CT molecular complexity index is 647. The Morgan fingerprint density at radius 3 is 2.00 bits per heavy atom. The number of rotatable bonds is 2. The van der Waals surface area contributed by atoms with Crippen LogP contribution in [0.15, 0.2) is 17.1 Å². The van der Waals surface area contributed by atoms with E-state index in [2.05, 4.69) is 4.98 Å². The Hall–Kier alpha value is -1.18. The number of ether oxygens (including phenoxy) is 1. The molecule has 1 saturated heterocycles. The molecule has 0 spiro atoms. The third kappa shape index (κ3) is 13.8. The van der Waals surface area contributed by atoms with Gasteiger partial charge in [0.1, 0.15) is 12.0 Å². The number of hydrogen-bond donors (Lipinski definition) is 8. The molecular weight excluding hydrogens is 388 g/mol. The van der Waals surface area contributed by atoms with Gasteiger partial charge >= 0.3 is 21.3 Å². The fourth-order valence-electron chi connectivity index (χ4n) is 1.67. The number of aliphatic hydroxyl groups excluding tert-OH is 1. The molecule has 1 aromatic heterocycles. The number of nitrogen functional groups attached to an aromatic ring is 1. The second-order valence-corrected chi connectivity index (χ2v) is 6.59. The molecular formula is C9H19N3O11P2. The first-order chi connectivity index (χ1) is 11.2. The van der Waals surface area contributed by atoms with Crippen molar-refractivity contribution in [2.45, 2.75) is 25.2 Å². The average molecular weight is 407 g/mol. The number of aromatic nitrogens is 2. The third-order valence-electron chi connectivity index (χ3n) is 2.45. The fraction of sp³-hybridized carbons (Fsp3) is 0.556. The van der Waals surface area contributed by atoms with Crippen LogP contribution in [0.4, 0.5) is 5.82 Å². The second-order valence-electron chi connectivity index (χ2n) is 4.54. The summed E-state index contributed by atoms with van der Waals surface area (Å²) in [6.07, 6.45) is 2.51. The number of nitrogens with zero attached hydrogens (tertiary/aromatic N) is 2. The zero-order chi connectivity index (χ0) is 19.8. The normalized spacial score (nSPS) is 20.1. The van der Waals surface area contributed by atoms with E-state index in [4.69, 9.17) is 54.1 Å². The highest BCUT2D eigenvalue weighted by molar-refractivity contribution is 7.45.